The average molecular weight is 379 g/mol. The zero-order chi connectivity index (χ0) is 18.1. The number of sulfonamides is 2. The van der Waals surface area contributed by atoms with E-state index in [-0.39, 0.29) is 29.7 Å². The van der Waals surface area contributed by atoms with Crippen LogP contribution in [0.4, 0.5) is 10.1 Å². The van der Waals surface area contributed by atoms with Crippen LogP contribution in [-0.2, 0) is 20.0 Å². The first kappa shape index (κ1) is 19.1. The Morgan fingerprint density at radius 1 is 1.21 bits per heavy atom. The van der Waals surface area contributed by atoms with E-state index in [1.54, 1.807) is 0 Å². The van der Waals surface area contributed by atoms with Crippen LogP contribution < -0.4 is 10.5 Å². The molecule has 3 N–H and O–H groups in total. The van der Waals surface area contributed by atoms with Crippen LogP contribution in [0.2, 0.25) is 0 Å². The topological polar surface area (TPSA) is 110 Å². The predicted octanol–water partition coefficient (Wildman–Crippen LogP) is 1.09. The molecular formula is C14H22FN3O4S2. The summed E-state index contributed by atoms with van der Waals surface area (Å²) in [5.41, 5.74) is 5.48. The van der Waals surface area contributed by atoms with Crippen molar-refractivity contribution in [3.05, 3.63) is 24.0 Å². The van der Waals surface area contributed by atoms with Gasteiger partial charge in [0.15, 0.2) is 0 Å². The lowest BCUT2D eigenvalue weighted by Crippen LogP contribution is -2.42. The molecule has 10 heteroatoms. The van der Waals surface area contributed by atoms with Crippen molar-refractivity contribution in [2.75, 3.05) is 17.8 Å². The number of nitrogens with one attached hydrogen (secondary N) is 1. The SMILES string of the molecule is CC(C)S(=O)(=O)Nc1ccc(S(=O)(=O)N2CCC(N)CC2)cc1F. The van der Waals surface area contributed by atoms with Gasteiger partial charge in [0.2, 0.25) is 20.0 Å². The van der Waals surface area contributed by atoms with E-state index in [4.69, 9.17) is 5.73 Å². The predicted molar refractivity (Wildman–Crippen MR) is 90.0 cm³/mol. The van der Waals surface area contributed by atoms with Crippen molar-refractivity contribution in [2.45, 2.75) is 42.9 Å². The first-order valence-corrected chi connectivity index (χ1v) is 10.6. The molecule has 0 aliphatic carbocycles. The molecule has 0 atom stereocenters. The highest BCUT2D eigenvalue weighted by Crippen LogP contribution is 2.25. The zero-order valence-electron chi connectivity index (χ0n) is 13.6. The Kier molecular flexibility index (Phi) is 5.53. The number of hydrogen-bond acceptors (Lipinski definition) is 5. The van der Waals surface area contributed by atoms with Gasteiger partial charge in [0, 0.05) is 19.1 Å². The van der Waals surface area contributed by atoms with Gasteiger partial charge in [0.1, 0.15) is 5.82 Å². The van der Waals surface area contributed by atoms with Gasteiger partial charge in [-0.15, -0.1) is 0 Å². The maximum Gasteiger partial charge on any atom is 0.243 e. The Labute approximate surface area is 142 Å². The summed E-state index contributed by atoms with van der Waals surface area (Å²) in [7, 11) is -7.54. The lowest BCUT2D eigenvalue weighted by atomic mass is 10.1. The minimum absolute atomic E-state index is 0.0268. The molecule has 7 nitrogen and oxygen atoms in total. The highest BCUT2D eigenvalue weighted by atomic mass is 32.2. The summed E-state index contributed by atoms with van der Waals surface area (Å²) < 4.78 is 66.2. The fourth-order valence-electron chi connectivity index (χ4n) is 2.28. The lowest BCUT2D eigenvalue weighted by Gasteiger charge is -2.29. The van der Waals surface area contributed by atoms with Gasteiger partial charge < -0.3 is 5.73 Å². The van der Waals surface area contributed by atoms with E-state index < -0.39 is 31.1 Å². The second-order valence-electron chi connectivity index (χ2n) is 6.08. The third kappa shape index (κ3) is 4.05. The highest BCUT2D eigenvalue weighted by molar-refractivity contribution is 7.93. The third-order valence-corrected chi connectivity index (χ3v) is 7.59. The van der Waals surface area contributed by atoms with Gasteiger partial charge in [-0.05, 0) is 44.9 Å². The van der Waals surface area contributed by atoms with Crippen LogP contribution in [0.15, 0.2) is 23.1 Å². The van der Waals surface area contributed by atoms with Gasteiger partial charge in [-0.3, -0.25) is 4.72 Å². The molecule has 0 amide bonds. The molecule has 1 aliphatic rings. The molecule has 0 bridgehead atoms. The Bertz CT molecular complexity index is 801. The molecular weight excluding hydrogens is 357 g/mol. The smallest absolute Gasteiger partial charge is 0.243 e. The summed E-state index contributed by atoms with van der Waals surface area (Å²) in [6.45, 7) is 3.49. The molecule has 0 saturated carbocycles. The standard InChI is InChI=1S/C14H22FN3O4S2/c1-10(2)23(19,20)17-14-4-3-12(9-13(14)15)24(21,22)18-7-5-11(16)6-8-18/h3-4,9-11,17H,5-8,16H2,1-2H3. The molecule has 1 saturated heterocycles. The van der Waals surface area contributed by atoms with Crippen molar-refractivity contribution < 1.29 is 21.2 Å². The summed E-state index contributed by atoms with van der Waals surface area (Å²) in [6.07, 6.45) is 1.10. The van der Waals surface area contributed by atoms with Crippen LogP contribution in [0.5, 0.6) is 0 Å². The molecule has 0 radical (unpaired) electrons. The van der Waals surface area contributed by atoms with Gasteiger partial charge in [0.05, 0.1) is 15.8 Å². The normalized spacial score (nSPS) is 18.0. The Balaban J connectivity index is 2.26. The van der Waals surface area contributed by atoms with Crippen molar-refractivity contribution in [1.29, 1.82) is 0 Å². The van der Waals surface area contributed by atoms with Crippen LogP contribution in [0.1, 0.15) is 26.7 Å². The fourth-order valence-corrected chi connectivity index (χ4v) is 4.47. The first-order valence-electron chi connectivity index (χ1n) is 7.61. The molecule has 1 fully saturated rings. The van der Waals surface area contributed by atoms with Gasteiger partial charge >= 0.3 is 0 Å². The van der Waals surface area contributed by atoms with E-state index in [9.17, 15) is 21.2 Å². The number of rotatable bonds is 5. The Hall–Kier alpha value is -1.23. The van der Waals surface area contributed by atoms with E-state index in [2.05, 4.69) is 4.72 Å². The summed E-state index contributed by atoms with van der Waals surface area (Å²) >= 11 is 0. The summed E-state index contributed by atoms with van der Waals surface area (Å²) in [5, 5.41) is -0.738. The highest BCUT2D eigenvalue weighted by Gasteiger charge is 2.29. The fraction of sp³-hybridized carbons (Fsp3) is 0.571. The van der Waals surface area contributed by atoms with E-state index >= 15 is 0 Å². The first-order chi connectivity index (χ1) is 11.0. The van der Waals surface area contributed by atoms with Crippen LogP contribution in [-0.4, -0.2) is 45.5 Å². The Morgan fingerprint density at radius 2 is 1.79 bits per heavy atom. The maximum atomic E-state index is 14.2. The second-order valence-corrected chi connectivity index (χ2v) is 10.3. The summed E-state index contributed by atoms with van der Waals surface area (Å²) in [5.74, 6) is -0.936. The van der Waals surface area contributed by atoms with Crippen molar-refractivity contribution in [2.24, 2.45) is 5.73 Å². The quantitative estimate of drug-likeness (QED) is 0.796. The van der Waals surface area contributed by atoms with Gasteiger partial charge in [0.25, 0.3) is 0 Å². The number of anilines is 1. The molecule has 2 rings (SSSR count). The van der Waals surface area contributed by atoms with Crippen molar-refractivity contribution >= 4 is 25.7 Å². The average Bonchev–Trinajstić information content (AvgIpc) is 2.49. The van der Waals surface area contributed by atoms with Gasteiger partial charge in [-0.25, -0.2) is 21.2 Å². The number of halogens is 1. The molecule has 1 aromatic carbocycles. The van der Waals surface area contributed by atoms with Gasteiger partial charge in [-0.2, -0.15) is 4.31 Å². The summed E-state index contributed by atoms with van der Waals surface area (Å²) in [6, 6.07) is 3.13. The lowest BCUT2D eigenvalue weighted by molar-refractivity contribution is 0.320. The largest absolute Gasteiger partial charge is 0.328 e. The van der Waals surface area contributed by atoms with Gasteiger partial charge in [-0.1, -0.05) is 0 Å². The molecule has 0 unspecified atom stereocenters. The van der Waals surface area contributed by atoms with Crippen LogP contribution in [0.25, 0.3) is 0 Å². The third-order valence-electron chi connectivity index (χ3n) is 3.95. The van der Waals surface area contributed by atoms with Crippen LogP contribution >= 0.6 is 0 Å². The van der Waals surface area contributed by atoms with Crippen LogP contribution in [0.3, 0.4) is 0 Å². The van der Waals surface area contributed by atoms with Crippen molar-refractivity contribution in [3.63, 3.8) is 0 Å². The minimum atomic E-state index is -3.82. The minimum Gasteiger partial charge on any atom is -0.328 e. The van der Waals surface area contributed by atoms with E-state index in [0.29, 0.717) is 12.8 Å². The van der Waals surface area contributed by atoms with E-state index in [0.717, 1.165) is 12.1 Å². The molecule has 1 aromatic rings. The number of nitrogens with zero attached hydrogens (tertiary/aromatic N) is 1. The van der Waals surface area contributed by atoms with E-state index in [1.807, 2.05) is 0 Å². The summed E-state index contributed by atoms with van der Waals surface area (Å²) in [4.78, 5) is -0.206. The Morgan fingerprint density at radius 3 is 2.29 bits per heavy atom. The zero-order valence-corrected chi connectivity index (χ0v) is 15.2. The van der Waals surface area contributed by atoms with Crippen molar-refractivity contribution in [1.82, 2.24) is 4.31 Å². The number of hydrogen-bond donors (Lipinski definition) is 2. The van der Waals surface area contributed by atoms with Crippen molar-refractivity contribution in [3.8, 4) is 0 Å². The van der Waals surface area contributed by atoms with Crippen LogP contribution in [0, 0.1) is 5.82 Å². The molecule has 0 spiro atoms. The molecule has 1 heterocycles. The van der Waals surface area contributed by atoms with E-state index in [1.165, 1.54) is 24.2 Å². The monoisotopic (exact) mass is 379 g/mol. The number of benzene rings is 1. The molecule has 24 heavy (non-hydrogen) atoms. The second kappa shape index (κ2) is 6.95. The molecule has 1 aliphatic heterocycles. The number of nitrogens with two attached hydrogens (primary N) is 1. The molecule has 136 valence electrons. The maximum absolute atomic E-state index is 14.2. The number of piperidine rings is 1. The molecule has 0 aromatic heterocycles.